The summed E-state index contributed by atoms with van der Waals surface area (Å²) in [5.41, 5.74) is 27.9. The molecule has 1 aliphatic heterocycles. The number of carbonyl (C=O) groups excluding carboxylic acids is 1. The molecule has 0 spiro atoms. The Morgan fingerprint density at radius 2 is 1.71 bits per heavy atom. The average Bonchev–Trinajstić information content (AvgIpc) is 3.51. The fraction of sp³-hybridized carbons (Fsp3) is 0.278. The number of aliphatic hydroxyl groups excluding tert-OH is 1. The van der Waals surface area contributed by atoms with E-state index in [-0.39, 0.29) is 25.5 Å². The van der Waals surface area contributed by atoms with Crippen molar-refractivity contribution in [3.8, 4) is 5.75 Å². The van der Waals surface area contributed by atoms with Gasteiger partial charge in [-0.05, 0) is 65.4 Å². The summed E-state index contributed by atoms with van der Waals surface area (Å²) in [6, 6.07) is 29.6. The maximum absolute atomic E-state index is 14.6. The van der Waals surface area contributed by atoms with Crippen LogP contribution in [0.15, 0.2) is 112 Å². The van der Waals surface area contributed by atoms with Gasteiger partial charge in [-0.25, -0.2) is 10.4 Å². The number of ether oxygens (including phenoxy) is 2. The predicted octanol–water partition coefficient (Wildman–Crippen LogP) is 6.87. The molecular weight excluding hydrogens is 622 g/mol. The number of carbonyl (C=O) groups is 1. The molecule has 0 fully saturated rings. The van der Waals surface area contributed by atoms with Crippen molar-refractivity contribution in [3.63, 3.8) is 0 Å². The number of benzene rings is 4. The molecule has 0 aliphatic carbocycles. The highest BCUT2D eigenvalue weighted by Crippen LogP contribution is 2.45. The Hall–Kier alpha value is -5.84. The summed E-state index contributed by atoms with van der Waals surface area (Å²) in [4.78, 5) is 25.6. The third-order valence-electron chi connectivity index (χ3n) is 8.15. The first-order valence-electron chi connectivity index (χ1n) is 15.9. The van der Waals surface area contributed by atoms with Gasteiger partial charge >= 0.3 is 0 Å². The number of hydrazine groups is 1. The average molecular weight is 660 g/mol. The van der Waals surface area contributed by atoms with Crippen molar-refractivity contribution in [1.29, 1.82) is 0 Å². The number of azide groups is 2. The van der Waals surface area contributed by atoms with E-state index in [0.29, 0.717) is 48.6 Å². The second kappa shape index (κ2) is 16.8. The molecule has 2 atom stereocenters. The number of aliphatic imine (C=N–C) groups is 1. The van der Waals surface area contributed by atoms with Gasteiger partial charge < -0.3 is 14.6 Å². The molecule has 5 rings (SSSR count). The number of rotatable bonds is 16. The molecule has 49 heavy (non-hydrogen) atoms. The van der Waals surface area contributed by atoms with Crippen molar-refractivity contribution in [2.45, 2.75) is 44.4 Å². The minimum Gasteiger partial charge on any atom is -0.494 e. The molecule has 0 saturated carbocycles. The molecule has 13 nitrogen and oxygen atoms in total. The summed E-state index contributed by atoms with van der Waals surface area (Å²) in [6.07, 6.45) is 0.220. The predicted molar refractivity (Wildman–Crippen MR) is 186 cm³/mol. The molecule has 4 aromatic rings. The molecule has 13 heteroatoms. The number of hydrogen-bond donors (Lipinski definition) is 3. The molecule has 0 unspecified atom stereocenters. The van der Waals surface area contributed by atoms with E-state index >= 15 is 0 Å². The van der Waals surface area contributed by atoms with Crippen LogP contribution in [0.5, 0.6) is 5.75 Å². The third-order valence-corrected chi connectivity index (χ3v) is 8.15. The van der Waals surface area contributed by atoms with Gasteiger partial charge in [0.15, 0.2) is 11.6 Å². The third kappa shape index (κ3) is 8.55. The van der Waals surface area contributed by atoms with Crippen molar-refractivity contribution in [3.05, 3.63) is 151 Å². The van der Waals surface area contributed by atoms with Gasteiger partial charge in [-0.2, -0.15) is 0 Å². The van der Waals surface area contributed by atoms with Crippen LogP contribution in [0, 0.1) is 6.92 Å². The van der Waals surface area contributed by atoms with Gasteiger partial charge in [0.2, 0.25) is 5.90 Å². The summed E-state index contributed by atoms with van der Waals surface area (Å²) in [5, 5.41) is 16.8. The Morgan fingerprint density at radius 3 is 2.45 bits per heavy atom. The van der Waals surface area contributed by atoms with Crippen molar-refractivity contribution in [2.75, 3.05) is 19.8 Å². The van der Waals surface area contributed by atoms with Crippen LogP contribution in [0.25, 0.3) is 20.9 Å². The summed E-state index contributed by atoms with van der Waals surface area (Å²) in [5.74, 6) is 0.356. The Bertz CT molecular complexity index is 1870. The molecule has 250 valence electrons. The summed E-state index contributed by atoms with van der Waals surface area (Å²) < 4.78 is 12.3. The molecule has 0 radical (unpaired) electrons. The van der Waals surface area contributed by atoms with E-state index in [2.05, 4.69) is 30.9 Å². The van der Waals surface area contributed by atoms with Crippen LogP contribution in [0.3, 0.4) is 0 Å². The van der Waals surface area contributed by atoms with Crippen molar-refractivity contribution in [1.82, 2.24) is 10.9 Å². The van der Waals surface area contributed by atoms with Crippen LogP contribution in [-0.2, 0) is 28.9 Å². The smallest absolute Gasteiger partial charge is 0.266 e. The first-order chi connectivity index (χ1) is 24.0. The topological polar surface area (TPSA) is 190 Å². The van der Waals surface area contributed by atoms with Gasteiger partial charge in [-0.15, -0.1) is 0 Å². The molecule has 1 aliphatic rings. The fourth-order valence-electron chi connectivity index (χ4n) is 5.60. The first kappa shape index (κ1) is 34.5. The minimum absolute atomic E-state index is 0.0262. The zero-order chi connectivity index (χ0) is 34.5. The lowest BCUT2D eigenvalue weighted by atomic mass is 9.80. The monoisotopic (exact) mass is 659 g/mol. The van der Waals surface area contributed by atoms with Crippen molar-refractivity contribution >= 4 is 17.5 Å². The Labute approximate surface area is 283 Å². The van der Waals surface area contributed by atoms with E-state index in [1.54, 1.807) is 48.5 Å². The SMILES string of the molecule is Cc1ccc(CCNNC(=O)[C@@]2(Cc3ccccc3CN=[N+]=[N-])N=C(c3ccc(OCCCO)cc3)O[C@H]2c2ccccc2N=[N+]=[N-])cc1. The lowest BCUT2D eigenvalue weighted by Crippen LogP contribution is -2.54. The molecular formula is C36H37N9O4. The second-order valence-electron chi connectivity index (χ2n) is 11.5. The zero-order valence-corrected chi connectivity index (χ0v) is 27.1. The number of nitrogens with zero attached hydrogens (tertiary/aromatic N) is 7. The number of aliphatic hydroxyl groups is 1. The maximum atomic E-state index is 14.6. The highest BCUT2D eigenvalue weighted by molar-refractivity contribution is 6.01. The fourth-order valence-corrected chi connectivity index (χ4v) is 5.60. The number of nitrogens with one attached hydrogen (secondary N) is 2. The molecule has 3 N–H and O–H groups in total. The zero-order valence-electron chi connectivity index (χ0n) is 27.1. The minimum atomic E-state index is -1.60. The molecule has 0 aromatic heterocycles. The lowest BCUT2D eigenvalue weighted by molar-refractivity contribution is -0.130. The number of hydrogen-bond acceptors (Lipinski definition) is 8. The Morgan fingerprint density at radius 1 is 0.980 bits per heavy atom. The van der Waals surface area contributed by atoms with Gasteiger partial charge in [0.05, 0.1) is 13.2 Å². The van der Waals surface area contributed by atoms with Crippen LogP contribution in [0.1, 0.15) is 45.9 Å². The highest BCUT2D eigenvalue weighted by Gasteiger charge is 2.54. The van der Waals surface area contributed by atoms with E-state index < -0.39 is 17.6 Å². The second-order valence-corrected chi connectivity index (χ2v) is 11.5. The molecule has 0 bridgehead atoms. The standard InChI is InChI=1S/C36H37N9O4/c1-25-11-13-26(14-12-25)19-20-39-43-35(47)36(23-28-7-2-3-8-29(28)24-40-44-37)33(31-9-4-5-10-32(31)42-45-38)49-34(41-36)27-15-17-30(18-16-27)48-22-6-21-46/h2-5,7-18,33,39,46H,6,19-24H2,1H3,(H,43,47)/t33-,36-/m0/s1. The first-order valence-corrected chi connectivity index (χ1v) is 15.9. The Kier molecular flexibility index (Phi) is 11.8. The molecule has 1 heterocycles. The van der Waals surface area contributed by atoms with Gasteiger partial charge in [0.25, 0.3) is 5.91 Å². The van der Waals surface area contributed by atoms with Gasteiger partial charge in [0, 0.05) is 52.6 Å². The van der Waals surface area contributed by atoms with Crippen LogP contribution in [0.2, 0.25) is 0 Å². The van der Waals surface area contributed by atoms with Gasteiger partial charge in [0.1, 0.15) is 5.75 Å². The summed E-state index contributed by atoms with van der Waals surface area (Å²) >= 11 is 0. The maximum Gasteiger partial charge on any atom is 0.266 e. The normalized spacial score (nSPS) is 16.4. The van der Waals surface area contributed by atoms with Gasteiger partial charge in [-0.3, -0.25) is 10.2 Å². The summed E-state index contributed by atoms with van der Waals surface area (Å²) in [6.45, 7) is 2.95. The van der Waals surface area contributed by atoms with E-state index in [1.165, 1.54) is 5.56 Å². The van der Waals surface area contributed by atoms with Crippen molar-refractivity contribution in [2.24, 2.45) is 15.2 Å². The van der Waals surface area contributed by atoms with E-state index in [4.69, 9.17) is 25.1 Å². The van der Waals surface area contributed by atoms with Crippen LogP contribution < -0.4 is 15.6 Å². The van der Waals surface area contributed by atoms with Crippen LogP contribution in [-0.4, -0.2) is 42.2 Å². The largest absolute Gasteiger partial charge is 0.494 e. The Balaban J connectivity index is 1.56. The van der Waals surface area contributed by atoms with E-state index in [1.807, 2.05) is 55.5 Å². The van der Waals surface area contributed by atoms with E-state index in [9.17, 15) is 10.3 Å². The quantitative estimate of drug-likeness (QED) is 0.0388. The van der Waals surface area contributed by atoms with Crippen LogP contribution >= 0.6 is 0 Å². The number of amides is 1. The van der Waals surface area contributed by atoms with Crippen LogP contribution in [0.4, 0.5) is 5.69 Å². The highest BCUT2D eigenvalue weighted by atomic mass is 16.5. The molecule has 4 aromatic carbocycles. The molecule has 0 saturated heterocycles. The number of aryl methyl sites for hydroxylation is 1. The van der Waals surface area contributed by atoms with Gasteiger partial charge in [-0.1, -0.05) is 88.6 Å². The van der Waals surface area contributed by atoms with E-state index in [0.717, 1.165) is 16.7 Å². The lowest BCUT2D eigenvalue weighted by Gasteiger charge is -2.32. The van der Waals surface area contributed by atoms with Crippen molar-refractivity contribution < 1.29 is 19.4 Å². The molecule has 1 amide bonds. The summed E-state index contributed by atoms with van der Waals surface area (Å²) in [7, 11) is 0.